The smallest absolute Gasteiger partial charge is 0.269 e. The van der Waals surface area contributed by atoms with Crippen LogP contribution in [-0.4, -0.2) is 17.8 Å². The Morgan fingerprint density at radius 3 is 2.03 bits per heavy atom. The van der Waals surface area contributed by atoms with E-state index in [1.807, 2.05) is 31.2 Å². The van der Waals surface area contributed by atoms with Gasteiger partial charge in [0.25, 0.3) is 5.69 Å². The fourth-order valence-electron chi connectivity index (χ4n) is 2.60. The summed E-state index contributed by atoms with van der Waals surface area (Å²) in [4.78, 5) is 23.4. The lowest BCUT2D eigenvalue weighted by molar-refractivity contribution is -0.384. The van der Waals surface area contributed by atoms with Gasteiger partial charge in [-0.05, 0) is 55.0 Å². The topological polar surface area (TPSA) is 78.7 Å². The predicted octanol–water partition coefficient (Wildman–Crippen LogP) is 5.21. The van der Waals surface area contributed by atoms with Gasteiger partial charge in [0.1, 0.15) is 11.5 Å². The minimum Gasteiger partial charge on any atom is -0.497 e. The molecule has 0 fully saturated rings. The molecule has 0 aliphatic heterocycles. The highest BCUT2D eigenvalue weighted by Gasteiger charge is 2.16. The number of benzene rings is 3. The fourth-order valence-corrected chi connectivity index (χ4v) is 2.60. The first-order chi connectivity index (χ1) is 14.0. The summed E-state index contributed by atoms with van der Waals surface area (Å²) in [6.45, 7) is 1.98. The van der Waals surface area contributed by atoms with Crippen molar-refractivity contribution in [1.29, 1.82) is 0 Å². The number of ether oxygens (including phenoxy) is 2. The number of Topliss-reactive ketones (excluding diaryl/α,β-unsaturated/α-hetero) is 1. The van der Waals surface area contributed by atoms with Crippen LogP contribution >= 0.6 is 0 Å². The van der Waals surface area contributed by atoms with E-state index in [2.05, 4.69) is 0 Å². The van der Waals surface area contributed by atoms with Crippen molar-refractivity contribution in [2.24, 2.45) is 0 Å². The van der Waals surface area contributed by atoms with E-state index in [0.717, 1.165) is 11.1 Å². The lowest BCUT2D eigenvalue weighted by atomic mass is 10.1. The molecule has 0 radical (unpaired) electrons. The number of methoxy groups -OCH3 is 1. The molecule has 0 aliphatic carbocycles. The predicted molar refractivity (Wildman–Crippen MR) is 110 cm³/mol. The molecule has 0 saturated heterocycles. The molecule has 0 saturated carbocycles. The average Bonchev–Trinajstić information content (AvgIpc) is 2.74. The van der Waals surface area contributed by atoms with E-state index in [1.54, 1.807) is 37.5 Å². The Morgan fingerprint density at radius 1 is 0.897 bits per heavy atom. The third-order valence-electron chi connectivity index (χ3n) is 4.23. The molecule has 3 aromatic carbocycles. The summed E-state index contributed by atoms with van der Waals surface area (Å²) in [5.74, 6) is 0.761. The van der Waals surface area contributed by atoms with Crippen LogP contribution in [0.4, 0.5) is 5.69 Å². The number of nitrogens with zero attached hydrogens (tertiary/aromatic N) is 1. The molecule has 0 unspecified atom stereocenters. The summed E-state index contributed by atoms with van der Waals surface area (Å²) in [6.07, 6.45) is 1.65. The second kappa shape index (κ2) is 8.84. The van der Waals surface area contributed by atoms with E-state index in [9.17, 15) is 14.9 Å². The number of hydrogen-bond donors (Lipinski definition) is 0. The number of carbonyl (C=O) groups excluding carboxylic acids is 1. The molecular formula is C23H19NO5. The summed E-state index contributed by atoms with van der Waals surface area (Å²) >= 11 is 0. The van der Waals surface area contributed by atoms with Crippen molar-refractivity contribution in [2.45, 2.75) is 6.92 Å². The van der Waals surface area contributed by atoms with Crippen LogP contribution in [0, 0.1) is 17.0 Å². The van der Waals surface area contributed by atoms with E-state index in [0.29, 0.717) is 17.1 Å². The van der Waals surface area contributed by atoms with Gasteiger partial charge in [-0.2, -0.15) is 0 Å². The number of ketones is 1. The molecule has 3 rings (SSSR count). The number of nitro groups is 1. The van der Waals surface area contributed by atoms with Gasteiger partial charge in [0.05, 0.1) is 12.0 Å². The van der Waals surface area contributed by atoms with Gasteiger partial charge in [0.15, 0.2) is 5.76 Å². The zero-order chi connectivity index (χ0) is 20.8. The molecule has 0 heterocycles. The Morgan fingerprint density at radius 2 is 1.48 bits per heavy atom. The summed E-state index contributed by atoms with van der Waals surface area (Å²) in [5, 5.41) is 10.8. The van der Waals surface area contributed by atoms with Crippen LogP contribution in [-0.2, 0) is 0 Å². The van der Waals surface area contributed by atoms with Crippen molar-refractivity contribution in [2.75, 3.05) is 7.11 Å². The monoisotopic (exact) mass is 389 g/mol. The zero-order valence-corrected chi connectivity index (χ0v) is 16.0. The number of aryl methyl sites for hydroxylation is 1. The second-order valence-corrected chi connectivity index (χ2v) is 6.33. The Balaban J connectivity index is 1.94. The highest BCUT2D eigenvalue weighted by Crippen LogP contribution is 2.23. The zero-order valence-electron chi connectivity index (χ0n) is 16.0. The van der Waals surface area contributed by atoms with Crippen molar-refractivity contribution in [3.05, 3.63) is 105 Å². The lowest BCUT2D eigenvalue weighted by Gasteiger charge is -2.10. The molecule has 29 heavy (non-hydrogen) atoms. The molecule has 0 bridgehead atoms. The van der Waals surface area contributed by atoms with E-state index in [-0.39, 0.29) is 17.2 Å². The fraction of sp³-hybridized carbons (Fsp3) is 0.0870. The number of carbonyl (C=O) groups is 1. The van der Waals surface area contributed by atoms with Crippen molar-refractivity contribution in [3.8, 4) is 11.5 Å². The molecule has 0 aliphatic rings. The molecule has 6 nitrogen and oxygen atoms in total. The number of nitro benzene ring substituents is 1. The molecule has 0 atom stereocenters. The number of rotatable bonds is 7. The van der Waals surface area contributed by atoms with Gasteiger partial charge in [-0.25, -0.2) is 0 Å². The first-order valence-electron chi connectivity index (χ1n) is 8.85. The normalized spacial score (nSPS) is 11.0. The molecule has 0 amide bonds. The maximum atomic E-state index is 13.1. The van der Waals surface area contributed by atoms with Crippen molar-refractivity contribution >= 4 is 17.5 Å². The van der Waals surface area contributed by atoms with E-state index < -0.39 is 4.92 Å². The highest BCUT2D eigenvalue weighted by molar-refractivity contribution is 6.10. The molecular weight excluding hydrogens is 370 g/mol. The average molecular weight is 389 g/mol. The number of non-ortho nitro benzene ring substituents is 1. The maximum Gasteiger partial charge on any atom is 0.269 e. The van der Waals surface area contributed by atoms with Gasteiger partial charge >= 0.3 is 0 Å². The van der Waals surface area contributed by atoms with Crippen molar-refractivity contribution in [1.82, 2.24) is 0 Å². The first-order valence-corrected chi connectivity index (χ1v) is 8.85. The Kier molecular flexibility index (Phi) is 6.04. The number of allylic oxidation sites excluding steroid dienone is 1. The minimum absolute atomic E-state index is 0.0529. The summed E-state index contributed by atoms with van der Waals surface area (Å²) in [5.41, 5.74) is 2.28. The van der Waals surface area contributed by atoms with Crippen LogP contribution in [0.5, 0.6) is 11.5 Å². The van der Waals surface area contributed by atoms with Crippen LogP contribution in [0.3, 0.4) is 0 Å². The van der Waals surface area contributed by atoms with Gasteiger partial charge in [-0.1, -0.05) is 29.8 Å². The minimum atomic E-state index is -0.491. The van der Waals surface area contributed by atoms with Gasteiger partial charge < -0.3 is 9.47 Å². The third-order valence-corrected chi connectivity index (χ3v) is 4.23. The molecule has 3 aromatic rings. The highest BCUT2D eigenvalue weighted by atomic mass is 16.6. The van der Waals surface area contributed by atoms with E-state index >= 15 is 0 Å². The largest absolute Gasteiger partial charge is 0.497 e. The third kappa shape index (κ3) is 5.07. The van der Waals surface area contributed by atoms with Crippen LogP contribution in [0.1, 0.15) is 21.5 Å². The Bertz CT molecular complexity index is 1040. The molecule has 0 aromatic heterocycles. The van der Waals surface area contributed by atoms with Gasteiger partial charge in [0.2, 0.25) is 5.78 Å². The van der Waals surface area contributed by atoms with Crippen LogP contribution in [0.2, 0.25) is 0 Å². The molecule has 0 N–H and O–H groups in total. The van der Waals surface area contributed by atoms with Crippen molar-refractivity contribution in [3.63, 3.8) is 0 Å². The first kappa shape index (κ1) is 19.8. The summed E-state index contributed by atoms with van der Waals surface area (Å²) < 4.78 is 10.9. The van der Waals surface area contributed by atoms with Crippen LogP contribution in [0.15, 0.2) is 78.6 Å². The summed E-state index contributed by atoms with van der Waals surface area (Å²) in [7, 11) is 1.55. The Labute approximate surface area is 168 Å². The standard InChI is InChI=1S/C23H19NO5/c1-16-3-5-17(6-4-16)15-22(23(25)18-7-11-20(28-2)12-8-18)29-21-13-9-19(10-14-21)24(26)27/h3-15H,1-2H3/b22-15+. The second-order valence-electron chi connectivity index (χ2n) is 6.33. The lowest BCUT2D eigenvalue weighted by Crippen LogP contribution is -2.09. The van der Waals surface area contributed by atoms with Crippen LogP contribution in [0.25, 0.3) is 6.08 Å². The Hall–Kier alpha value is -3.93. The van der Waals surface area contributed by atoms with Gasteiger partial charge in [-0.15, -0.1) is 0 Å². The quantitative estimate of drug-likeness (QED) is 0.182. The van der Waals surface area contributed by atoms with Gasteiger partial charge in [-0.3, -0.25) is 14.9 Å². The molecule has 6 heteroatoms. The van der Waals surface area contributed by atoms with E-state index in [1.165, 1.54) is 24.3 Å². The number of hydrogen-bond acceptors (Lipinski definition) is 5. The van der Waals surface area contributed by atoms with Gasteiger partial charge in [0, 0.05) is 17.7 Å². The van der Waals surface area contributed by atoms with Crippen molar-refractivity contribution < 1.29 is 19.2 Å². The van der Waals surface area contributed by atoms with Crippen LogP contribution < -0.4 is 9.47 Å². The summed E-state index contributed by atoms with van der Waals surface area (Å²) in [6, 6.07) is 19.9. The SMILES string of the molecule is COc1ccc(C(=O)/C(=C\c2ccc(C)cc2)Oc2ccc([N+](=O)[O-])cc2)cc1. The molecule has 146 valence electrons. The molecule has 0 spiro atoms. The van der Waals surface area contributed by atoms with E-state index in [4.69, 9.17) is 9.47 Å². The maximum absolute atomic E-state index is 13.1.